The van der Waals surface area contributed by atoms with Crippen molar-refractivity contribution in [3.63, 3.8) is 0 Å². The number of imidazole rings is 1. The third kappa shape index (κ3) is 10.0. The van der Waals surface area contributed by atoms with E-state index in [-0.39, 0.29) is 19.0 Å². The average molecular weight is 627 g/mol. The number of hydrogen-bond acceptors (Lipinski definition) is 14. The van der Waals surface area contributed by atoms with Crippen molar-refractivity contribution in [3.05, 3.63) is 30.1 Å². The molecule has 2 N–H and O–H groups in total. The lowest BCUT2D eigenvalue weighted by Gasteiger charge is -2.22. The minimum absolute atomic E-state index is 0.212. The fourth-order valence-electron chi connectivity index (χ4n) is 3.81. The SMILES string of the molecule is CCOCc1nc2c(N)nc3ccccc3c2n1CC(C)OCP(=O)(OCOC(=O)OC(C)C)OCOC(=O)OC(C)C. The first-order valence-electron chi connectivity index (χ1n) is 13.7. The number of nitrogen functional groups attached to an aromatic ring is 1. The molecule has 1 atom stereocenters. The molecule has 0 radical (unpaired) electrons. The van der Waals surface area contributed by atoms with E-state index in [9.17, 15) is 14.2 Å². The molecule has 0 saturated carbocycles. The number of nitrogens with two attached hydrogens (primary N) is 1. The number of nitrogens with zero attached hydrogens (tertiary/aromatic N) is 3. The predicted octanol–water partition coefficient (Wildman–Crippen LogP) is 5.33. The second kappa shape index (κ2) is 15.8. The van der Waals surface area contributed by atoms with Gasteiger partial charge in [0, 0.05) is 12.0 Å². The third-order valence-corrected chi connectivity index (χ3v) is 7.06. The molecule has 2 aromatic heterocycles. The van der Waals surface area contributed by atoms with Crippen LogP contribution in [0.2, 0.25) is 0 Å². The van der Waals surface area contributed by atoms with Crippen molar-refractivity contribution in [3.8, 4) is 0 Å². The molecule has 3 aromatic rings. The standard InChI is InChI=1S/C27H39N4O11P/c1-7-35-13-22-30-23-24(20-10-8-9-11-21(20)29-25(23)28)31(22)12-19(6)38-16-43(34,39-14-36-26(32)41-17(2)3)40-15-37-27(33)42-18(4)5/h8-11,17-19H,7,12-16H2,1-6H3,(H2,28,29). The van der Waals surface area contributed by atoms with E-state index in [1.807, 2.05) is 35.8 Å². The maximum atomic E-state index is 13.5. The van der Waals surface area contributed by atoms with Crippen LogP contribution in [0.1, 0.15) is 47.4 Å². The molecule has 15 nitrogen and oxygen atoms in total. The maximum absolute atomic E-state index is 13.5. The molecular weight excluding hydrogens is 587 g/mol. The number of carbonyl (C=O) groups is 2. The van der Waals surface area contributed by atoms with Gasteiger partial charge in [0.1, 0.15) is 24.3 Å². The number of rotatable bonds is 16. The molecule has 0 aliphatic carbocycles. The van der Waals surface area contributed by atoms with Gasteiger partial charge in [-0.15, -0.1) is 0 Å². The molecule has 238 valence electrons. The number of pyridine rings is 1. The quantitative estimate of drug-likeness (QED) is 0.122. The molecule has 16 heteroatoms. The van der Waals surface area contributed by atoms with Gasteiger partial charge in [0.25, 0.3) is 0 Å². The number of fused-ring (bicyclic) bond motifs is 3. The number of anilines is 1. The second-order valence-corrected chi connectivity index (χ2v) is 11.8. The van der Waals surface area contributed by atoms with Gasteiger partial charge >= 0.3 is 19.9 Å². The van der Waals surface area contributed by atoms with Crippen molar-refractivity contribution in [2.24, 2.45) is 0 Å². The summed E-state index contributed by atoms with van der Waals surface area (Å²) in [5, 5.41) is 0.836. The molecular formula is C27H39N4O11P. The molecule has 0 spiro atoms. The first-order valence-corrected chi connectivity index (χ1v) is 15.4. The van der Waals surface area contributed by atoms with Gasteiger partial charge in [0.2, 0.25) is 13.6 Å². The Kier molecular flexibility index (Phi) is 12.5. The Morgan fingerprint density at radius 2 is 1.56 bits per heavy atom. The Morgan fingerprint density at radius 3 is 2.14 bits per heavy atom. The predicted molar refractivity (Wildman–Crippen MR) is 155 cm³/mol. The molecule has 2 heterocycles. The Hall–Kier alpha value is -3.49. The van der Waals surface area contributed by atoms with Crippen molar-refractivity contribution in [2.45, 2.75) is 73.0 Å². The number of aromatic nitrogens is 3. The van der Waals surface area contributed by atoms with Gasteiger partial charge in [-0.1, -0.05) is 18.2 Å². The highest BCUT2D eigenvalue weighted by Gasteiger charge is 2.29. The summed E-state index contributed by atoms with van der Waals surface area (Å²) in [5.74, 6) is 0.874. The van der Waals surface area contributed by atoms with Crippen LogP contribution in [0, 0.1) is 0 Å². The van der Waals surface area contributed by atoms with Crippen LogP contribution < -0.4 is 5.73 Å². The highest BCUT2D eigenvalue weighted by molar-refractivity contribution is 7.53. The minimum Gasteiger partial charge on any atom is -0.432 e. The summed E-state index contributed by atoms with van der Waals surface area (Å²) < 4.78 is 56.7. The number of benzene rings is 1. The molecule has 0 aliphatic heterocycles. The highest BCUT2D eigenvalue weighted by Crippen LogP contribution is 2.48. The Morgan fingerprint density at radius 1 is 0.953 bits per heavy atom. The summed E-state index contributed by atoms with van der Waals surface area (Å²) in [5.41, 5.74) is 8.22. The average Bonchev–Trinajstić information content (AvgIpc) is 3.29. The molecule has 3 rings (SSSR count). The number of hydrogen-bond donors (Lipinski definition) is 1. The van der Waals surface area contributed by atoms with Crippen molar-refractivity contribution >= 4 is 47.7 Å². The Balaban J connectivity index is 1.77. The van der Waals surface area contributed by atoms with E-state index >= 15 is 0 Å². The Labute approximate surface area is 249 Å². The fourth-order valence-corrected chi connectivity index (χ4v) is 4.89. The molecule has 0 saturated heterocycles. The Bertz CT molecular complexity index is 1400. The van der Waals surface area contributed by atoms with E-state index in [0.717, 1.165) is 10.9 Å². The van der Waals surface area contributed by atoms with Crippen LogP contribution in [-0.4, -0.2) is 71.7 Å². The monoisotopic (exact) mass is 626 g/mol. The third-order valence-electron chi connectivity index (χ3n) is 5.60. The van der Waals surface area contributed by atoms with Crippen LogP contribution in [0.25, 0.3) is 21.9 Å². The van der Waals surface area contributed by atoms with Gasteiger partial charge in [-0.05, 0) is 47.6 Å². The number of carbonyl (C=O) groups excluding carboxylic acids is 2. The molecule has 0 amide bonds. The van der Waals surface area contributed by atoms with E-state index in [1.165, 1.54) is 0 Å². The zero-order chi connectivity index (χ0) is 31.6. The lowest BCUT2D eigenvalue weighted by atomic mass is 10.2. The molecule has 0 fully saturated rings. The lowest BCUT2D eigenvalue weighted by molar-refractivity contribution is -0.0369. The van der Waals surface area contributed by atoms with E-state index in [0.29, 0.717) is 23.5 Å². The second-order valence-electron chi connectivity index (χ2n) is 9.82. The molecule has 43 heavy (non-hydrogen) atoms. The van der Waals surface area contributed by atoms with Gasteiger partial charge in [-0.2, -0.15) is 0 Å². The summed E-state index contributed by atoms with van der Waals surface area (Å²) in [6.45, 7) is 9.57. The van der Waals surface area contributed by atoms with Crippen LogP contribution in [-0.2, 0) is 55.2 Å². The normalized spacial score (nSPS) is 12.7. The topological polar surface area (TPSA) is 182 Å². The first kappa shape index (κ1) is 34.0. The van der Waals surface area contributed by atoms with Gasteiger partial charge in [0.15, 0.2) is 5.82 Å². The maximum Gasteiger partial charge on any atom is 0.510 e. The van der Waals surface area contributed by atoms with Crippen molar-refractivity contribution in [2.75, 3.05) is 32.3 Å². The van der Waals surface area contributed by atoms with Gasteiger partial charge in [-0.25, -0.2) is 19.6 Å². The largest absolute Gasteiger partial charge is 0.510 e. The lowest BCUT2D eigenvalue weighted by Crippen LogP contribution is -2.21. The van der Waals surface area contributed by atoms with Crippen LogP contribution in [0.4, 0.5) is 15.4 Å². The van der Waals surface area contributed by atoms with Crippen LogP contribution in [0.15, 0.2) is 24.3 Å². The van der Waals surface area contributed by atoms with Crippen LogP contribution >= 0.6 is 7.60 Å². The van der Waals surface area contributed by atoms with Crippen LogP contribution in [0.5, 0.6) is 0 Å². The van der Waals surface area contributed by atoms with Crippen LogP contribution in [0.3, 0.4) is 0 Å². The van der Waals surface area contributed by atoms with E-state index in [1.54, 1.807) is 34.6 Å². The van der Waals surface area contributed by atoms with Gasteiger partial charge < -0.3 is 38.7 Å². The molecule has 0 bridgehead atoms. The van der Waals surface area contributed by atoms with E-state index < -0.39 is 58.2 Å². The number of ether oxygens (including phenoxy) is 6. The zero-order valence-electron chi connectivity index (χ0n) is 25.1. The smallest absolute Gasteiger partial charge is 0.432 e. The van der Waals surface area contributed by atoms with Crippen molar-refractivity contribution < 1.29 is 51.6 Å². The molecule has 1 unspecified atom stereocenters. The van der Waals surface area contributed by atoms with E-state index in [2.05, 4.69) is 9.97 Å². The van der Waals surface area contributed by atoms with Crippen molar-refractivity contribution in [1.29, 1.82) is 0 Å². The van der Waals surface area contributed by atoms with E-state index in [4.69, 9.17) is 43.2 Å². The highest BCUT2D eigenvalue weighted by atomic mass is 31.2. The summed E-state index contributed by atoms with van der Waals surface area (Å²) in [7, 11) is -4.14. The fraction of sp³-hybridized carbons (Fsp3) is 0.556. The molecule has 1 aromatic carbocycles. The number of para-hydroxylation sites is 1. The molecule has 0 aliphatic rings. The summed E-state index contributed by atoms with van der Waals surface area (Å²) in [6, 6.07) is 7.53. The van der Waals surface area contributed by atoms with Gasteiger partial charge in [-0.3, -0.25) is 13.6 Å². The van der Waals surface area contributed by atoms with Crippen molar-refractivity contribution in [1.82, 2.24) is 14.5 Å². The zero-order valence-corrected chi connectivity index (χ0v) is 26.0. The minimum atomic E-state index is -4.14. The summed E-state index contributed by atoms with van der Waals surface area (Å²) in [6.07, 6.45) is -4.07. The van der Waals surface area contributed by atoms with Gasteiger partial charge in [0.05, 0.1) is 35.9 Å². The summed E-state index contributed by atoms with van der Waals surface area (Å²) >= 11 is 0. The first-order chi connectivity index (χ1) is 20.4. The summed E-state index contributed by atoms with van der Waals surface area (Å²) in [4.78, 5) is 32.6.